The van der Waals surface area contributed by atoms with Gasteiger partial charge in [-0.2, -0.15) is 0 Å². The van der Waals surface area contributed by atoms with Gasteiger partial charge in [0.05, 0.1) is 17.4 Å². The molecule has 0 spiro atoms. The lowest BCUT2D eigenvalue weighted by Crippen LogP contribution is -2.46. The molecule has 2 aliphatic rings. The highest BCUT2D eigenvalue weighted by atomic mass is 32.2. The van der Waals surface area contributed by atoms with E-state index in [1.54, 1.807) is 9.80 Å². The molecule has 2 amide bonds. The first-order valence-electron chi connectivity index (χ1n) is 7.72. The fourth-order valence-electron chi connectivity index (χ4n) is 3.04. The fourth-order valence-corrected chi connectivity index (χ4v) is 4.24. The Morgan fingerprint density at radius 1 is 1.13 bits per heavy atom. The Kier molecular flexibility index (Phi) is 4.14. The number of anilines is 1. The van der Waals surface area contributed by atoms with Gasteiger partial charge in [-0.15, -0.1) is 0 Å². The highest BCUT2D eigenvalue weighted by Gasteiger charge is 2.38. The minimum Gasteiger partial charge on any atom is -0.340 e. The number of carbonyl (C=O) groups excluding carboxylic acids is 2. The second kappa shape index (κ2) is 5.96. The Morgan fingerprint density at radius 3 is 2.35 bits per heavy atom. The lowest BCUT2D eigenvalue weighted by atomic mass is 10.1. The lowest BCUT2D eigenvalue weighted by molar-refractivity contribution is -0.135. The summed E-state index contributed by atoms with van der Waals surface area (Å²) in [6.07, 6.45) is 0.190. The topological polar surface area (TPSA) is 74.8 Å². The third kappa shape index (κ3) is 3.39. The van der Waals surface area contributed by atoms with Crippen LogP contribution in [0.25, 0.3) is 0 Å². The van der Waals surface area contributed by atoms with Crippen molar-refractivity contribution in [2.75, 3.05) is 36.0 Å². The van der Waals surface area contributed by atoms with E-state index in [0.717, 1.165) is 11.3 Å². The highest BCUT2D eigenvalue weighted by molar-refractivity contribution is 7.91. The van der Waals surface area contributed by atoms with E-state index in [9.17, 15) is 18.0 Å². The molecular weight excluding hydrogens is 316 g/mol. The van der Waals surface area contributed by atoms with Crippen molar-refractivity contribution >= 4 is 27.3 Å². The van der Waals surface area contributed by atoms with Crippen LogP contribution < -0.4 is 4.90 Å². The minimum atomic E-state index is -3.01. The van der Waals surface area contributed by atoms with Crippen LogP contribution >= 0.6 is 0 Å². The SMILES string of the molecule is Cc1ccc(N2C[C@@H](C(=O)N3CCS(=O)(=O)CC3)CC2=O)cc1. The van der Waals surface area contributed by atoms with Gasteiger partial charge in [0.15, 0.2) is 9.84 Å². The van der Waals surface area contributed by atoms with Crippen LogP contribution in [-0.4, -0.2) is 56.3 Å². The van der Waals surface area contributed by atoms with Crippen molar-refractivity contribution < 1.29 is 18.0 Å². The molecule has 6 nitrogen and oxygen atoms in total. The molecule has 0 unspecified atom stereocenters. The summed E-state index contributed by atoms with van der Waals surface area (Å²) < 4.78 is 22.9. The quantitative estimate of drug-likeness (QED) is 0.793. The van der Waals surface area contributed by atoms with Gasteiger partial charge in [0.1, 0.15) is 0 Å². The van der Waals surface area contributed by atoms with Gasteiger partial charge in [-0.25, -0.2) is 8.42 Å². The van der Waals surface area contributed by atoms with Gasteiger partial charge in [0.2, 0.25) is 11.8 Å². The van der Waals surface area contributed by atoms with Crippen LogP contribution in [0, 0.1) is 12.8 Å². The molecule has 2 saturated heterocycles. The van der Waals surface area contributed by atoms with Crippen LogP contribution in [-0.2, 0) is 19.4 Å². The number of hydrogen-bond acceptors (Lipinski definition) is 4. The molecular formula is C16H20N2O4S. The molecule has 0 bridgehead atoms. The Balaban J connectivity index is 1.67. The number of amides is 2. The molecule has 0 saturated carbocycles. The monoisotopic (exact) mass is 336 g/mol. The number of carbonyl (C=O) groups is 2. The molecule has 1 atom stereocenters. The van der Waals surface area contributed by atoms with E-state index >= 15 is 0 Å². The van der Waals surface area contributed by atoms with Crippen molar-refractivity contribution in [3.05, 3.63) is 29.8 Å². The molecule has 0 aromatic heterocycles. The fraction of sp³-hybridized carbons (Fsp3) is 0.500. The molecule has 0 aliphatic carbocycles. The number of hydrogen-bond donors (Lipinski definition) is 0. The molecule has 7 heteroatoms. The average Bonchev–Trinajstić information content (AvgIpc) is 2.89. The number of nitrogens with zero attached hydrogens (tertiary/aromatic N) is 2. The second-order valence-electron chi connectivity index (χ2n) is 6.22. The van der Waals surface area contributed by atoms with Gasteiger partial charge in [-0.05, 0) is 19.1 Å². The molecule has 2 fully saturated rings. The Morgan fingerprint density at radius 2 is 1.74 bits per heavy atom. The first-order chi connectivity index (χ1) is 10.9. The number of aryl methyl sites for hydroxylation is 1. The van der Waals surface area contributed by atoms with Crippen LogP contribution in [0.15, 0.2) is 24.3 Å². The zero-order valence-electron chi connectivity index (χ0n) is 13.1. The van der Waals surface area contributed by atoms with E-state index in [0.29, 0.717) is 6.54 Å². The van der Waals surface area contributed by atoms with Crippen LogP contribution in [0.2, 0.25) is 0 Å². The molecule has 2 heterocycles. The van der Waals surface area contributed by atoms with Gasteiger partial charge >= 0.3 is 0 Å². The van der Waals surface area contributed by atoms with Crippen molar-refractivity contribution in [2.24, 2.45) is 5.92 Å². The standard InChI is InChI=1S/C16H20N2O4S/c1-12-2-4-14(5-3-12)18-11-13(10-15(18)19)16(20)17-6-8-23(21,22)9-7-17/h2-5,13H,6-11H2,1H3/t13-/m0/s1. The summed E-state index contributed by atoms with van der Waals surface area (Å²) in [5.41, 5.74) is 1.92. The molecule has 0 radical (unpaired) electrons. The molecule has 124 valence electrons. The Labute approximate surface area is 136 Å². The van der Waals surface area contributed by atoms with Gasteiger partial charge in [-0.3, -0.25) is 9.59 Å². The molecule has 1 aromatic carbocycles. The number of sulfone groups is 1. The number of benzene rings is 1. The minimum absolute atomic E-state index is 0.0150. The Bertz CT molecular complexity index is 713. The van der Waals surface area contributed by atoms with Gasteiger partial charge in [-0.1, -0.05) is 17.7 Å². The molecule has 1 aromatic rings. The summed E-state index contributed by atoms with van der Waals surface area (Å²) in [7, 11) is -3.01. The summed E-state index contributed by atoms with van der Waals surface area (Å²) >= 11 is 0. The van der Waals surface area contributed by atoms with Crippen LogP contribution in [0.5, 0.6) is 0 Å². The maximum Gasteiger partial charge on any atom is 0.228 e. The normalized spacial score (nSPS) is 24.0. The smallest absolute Gasteiger partial charge is 0.228 e. The summed E-state index contributed by atoms with van der Waals surface area (Å²) in [6.45, 7) is 2.81. The van der Waals surface area contributed by atoms with Crippen LogP contribution in [0.4, 0.5) is 5.69 Å². The van der Waals surface area contributed by atoms with Crippen molar-refractivity contribution in [2.45, 2.75) is 13.3 Å². The molecule has 2 aliphatic heterocycles. The maximum absolute atomic E-state index is 12.5. The largest absolute Gasteiger partial charge is 0.340 e. The second-order valence-corrected chi connectivity index (χ2v) is 8.52. The van der Waals surface area contributed by atoms with E-state index in [1.807, 2.05) is 31.2 Å². The first kappa shape index (κ1) is 16.0. The third-order valence-corrected chi connectivity index (χ3v) is 6.09. The van der Waals surface area contributed by atoms with Crippen LogP contribution in [0.3, 0.4) is 0 Å². The summed E-state index contributed by atoms with van der Waals surface area (Å²) in [4.78, 5) is 28.0. The summed E-state index contributed by atoms with van der Waals surface area (Å²) in [5.74, 6) is -0.522. The zero-order valence-corrected chi connectivity index (χ0v) is 13.9. The average molecular weight is 336 g/mol. The summed E-state index contributed by atoms with van der Waals surface area (Å²) in [6, 6.07) is 7.64. The van der Waals surface area contributed by atoms with E-state index in [2.05, 4.69) is 0 Å². The molecule has 3 rings (SSSR count). The van der Waals surface area contributed by atoms with Gasteiger partial charge in [0, 0.05) is 31.7 Å². The predicted octanol–water partition coefficient (Wildman–Crippen LogP) is 0.605. The molecule has 23 heavy (non-hydrogen) atoms. The zero-order chi connectivity index (χ0) is 16.6. The predicted molar refractivity (Wildman–Crippen MR) is 86.9 cm³/mol. The summed E-state index contributed by atoms with van der Waals surface area (Å²) in [5, 5.41) is 0. The van der Waals surface area contributed by atoms with Gasteiger partial charge < -0.3 is 9.80 Å². The Hall–Kier alpha value is -1.89. The van der Waals surface area contributed by atoms with E-state index in [4.69, 9.17) is 0 Å². The first-order valence-corrected chi connectivity index (χ1v) is 9.54. The number of rotatable bonds is 2. The lowest BCUT2D eigenvalue weighted by Gasteiger charge is -2.29. The van der Waals surface area contributed by atoms with Crippen molar-refractivity contribution in [3.63, 3.8) is 0 Å². The van der Waals surface area contributed by atoms with Crippen LogP contribution in [0.1, 0.15) is 12.0 Å². The maximum atomic E-state index is 12.5. The van der Waals surface area contributed by atoms with E-state index in [-0.39, 0.29) is 48.7 Å². The van der Waals surface area contributed by atoms with E-state index < -0.39 is 9.84 Å². The van der Waals surface area contributed by atoms with Crippen molar-refractivity contribution in [3.8, 4) is 0 Å². The molecule has 0 N–H and O–H groups in total. The highest BCUT2D eigenvalue weighted by Crippen LogP contribution is 2.27. The van der Waals surface area contributed by atoms with Gasteiger partial charge in [0.25, 0.3) is 0 Å². The van der Waals surface area contributed by atoms with E-state index in [1.165, 1.54) is 0 Å². The third-order valence-electron chi connectivity index (χ3n) is 4.48. The van der Waals surface area contributed by atoms with Crippen molar-refractivity contribution in [1.82, 2.24) is 4.90 Å². The van der Waals surface area contributed by atoms with Crippen molar-refractivity contribution in [1.29, 1.82) is 0 Å².